The lowest BCUT2D eigenvalue weighted by molar-refractivity contribution is -0.206. The fourth-order valence-corrected chi connectivity index (χ4v) is 4.24. The summed E-state index contributed by atoms with van der Waals surface area (Å²) in [5.41, 5.74) is 2.22. The van der Waals surface area contributed by atoms with Crippen LogP contribution in [0.25, 0.3) is 11.1 Å². The minimum atomic E-state index is -0.718. The largest absolute Gasteiger partial charge is 0.426 e. The normalized spacial score (nSPS) is 17.8. The summed E-state index contributed by atoms with van der Waals surface area (Å²) in [5, 5.41) is 9.27. The molecule has 1 atom stereocenters. The second-order valence-electron chi connectivity index (χ2n) is 9.92. The maximum atomic E-state index is 12.4. The third kappa shape index (κ3) is 9.00. The van der Waals surface area contributed by atoms with Crippen LogP contribution >= 0.6 is 0 Å². The zero-order chi connectivity index (χ0) is 28.2. The first-order valence-electron chi connectivity index (χ1n) is 13.5. The van der Waals surface area contributed by atoms with Gasteiger partial charge in [0.05, 0.1) is 43.5 Å². The highest BCUT2D eigenvalue weighted by molar-refractivity contribution is 5.90. The molecule has 8 heteroatoms. The summed E-state index contributed by atoms with van der Waals surface area (Å²) in [6, 6.07) is 12.5. The molecule has 0 spiro atoms. The third-order valence-electron chi connectivity index (χ3n) is 6.60. The van der Waals surface area contributed by atoms with Gasteiger partial charge >= 0.3 is 11.9 Å². The van der Waals surface area contributed by atoms with Crippen LogP contribution in [0.4, 0.5) is 0 Å². The Balaban J connectivity index is 1.77. The summed E-state index contributed by atoms with van der Waals surface area (Å²) < 4.78 is 28.2. The van der Waals surface area contributed by atoms with Gasteiger partial charge in [0.15, 0.2) is 6.29 Å². The zero-order valence-electron chi connectivity index (χ0n) is 23.1. The number of ether oxygens (including phenoxy) is 5. The van der Waals surface area contributed by atoms with Crippen LogP contribution in [0, 0.1) is 11.8 Å². The molecule has 1 fully saturated rings. The molecule has 2 aromatic rings. The molecule has 212 valence electrons. The van der Waals surface area contributed by atoms with Crippen LogP contribution in [-0.4, -0.2) is 50.6 Å². The fraction of sp³-hybridized carbons (Fsp3) is 0.484. The third-order valence-corrected chi connectivity index (χ3v) is 6.60. The first-order chi connectivity index (χ1) is 18.9. The Labute approximate surface area is 230 Å². The molecular weight excluding hydrogens is 500 g/mol. The number of unbranched alkanes of at least 4 members (excludes halogenated alkanes) is 3. The average molecular weight is 541 g/mol. The number of esters is 2. The van der Waals surface area contributed by atoms with Gasteiger partial charge < -0.3 is 28.8 Å². The van der Waals surface area contributed by atoms with Gasteiger partial charge in [0.1, 0.15) is 11.5 Å². The highest BCUT2D eigenvalue weighted by Crippen LogP contribution is 2.37. The molecule has 0 bridgehead atoms. The smallest absolute Gasteiger partial charge is 0.341 e. The van der Waals surface area contributed by atoms with Crippen molar-refractivity contribution in [3.63, 3.8) is 0 Å². The molecule has 1 aliphatic rings. The molecule has 0 radical (unpaired) electrons. The van der Waals surface area contributed by atoms with Crippen molar-refractivity contribution in [2.45, 2.75) is 52.2 Å². The molecule has 3 rings (SSSR count). The topological polar surface area (TPSA) is 101 Å². The van der Waals surface area contributed by atoms with Crippen molar-refractivity contribution in [1.82, 2.24) is 0 Å². The summed E-state index contributed by atoms with van der Waals surface area (Å²) in [4.78, 5) is 24.5. The maximum absolute atomic E-state index is 12.4. The molecular formula is C31H40O8. The average Bonchev–Trinajstić information content (AvgIpc) is 2.96. The molecule has 1 saturated heterocycles. The summed E-state index contributed by atoms with van der Waals surface area (Å²) in [6.07, 6.45) is 5.12. The van der Waals surface area contributed by atoms with Gasteiger partial charge in [0.25, 0.3) is 0 Å². The standard InChI is InChI=1S/C31H40O8/c1-5-6-7-8-9-23-19-36-31(37-20-23)27-16-25(12-15-28(27)39-29(33)21(2)17-32)24-10-13-26(14-11-24)38-30(34)22(3)18-35-4/h10-16,22-23,31-32H,2,5-9,17-20H2,1,3-4H3. The predicted octanol–water partition coefficient (Wildman–Crippen LogP) is 5.63. The van der Waals surface area contributed by atoms with E-state index in [0.29, 0.717) is 30.4 Å². The Morgan fingerprint density at radius 3 is 2.36 bits per heavy atom. The minimum Gasteiger partial charge on any atom is -0.426 e. The fourth-order valence-electron chi connectivity index (χ4n) is 4.24. The molecule has 0 aromatic heterocycles. The molecule has 1 unspecified atom stereocenters. The van der Waals surface area contributed by atoms with Crippen molar-refractivity contribution in [2.24, 2.45) is 11.8 Å². The van der Waals surface area contributed by atoms with Crippen molar-refractivity contribution in [3.05, 3.63) is 60.2 Å². The molecule has 1 N–H and O–H groups in total. The van der Waals surface area contributed by atoms with E-state index in [9.17, 15) is 14.7 Å². The van der Waals surface area contributed by atoms with Gasteiger partial charge in [-0.05, 0) is 48.7 Å². The first kappa shape index (κ1) is 30.5. The monoisotopic (exact) mass is 540 g/mol. The second-order valence-corrected chi connectivity index (χ2v) is 9.92. The van der Waals surface area contributed by atoms with E-state index >= 15 is 0 Å². The van der Waals surface area contributed by atoms with E-state index in [4.69, 9.17) is 23.7 Å². The SMILES string of the molecule is C=C(CO)C(=O)Oc1ccc(-c2ccc(OC(=O)C(C)COC)cc2)cc1C1OCC(CCCCCC)CO1. The van der Waals surface area contributed by atoms with Crippen molar-refractivity contribution in [2.75, 3.05) is 33.5 Å². The second kappa shape index (κ2) is 15.5. The molecule has 8 nitrogen and oxygen atoms in total. The highest BCUT2D eigenvalue weighted by Gasteiger charge is 2.27. The van der Waals surface area contributed by atoms with Crippen molar-refractivity contribution in [1.29, 1.82) is 0 Å². The number of hydrogen-bond acceptors (Lipinski definition) is 8. The van der Waals surface area contributed by atoms with Crippen LogP contribution in [-0.2, 0) is 23.8 Å². The zero-order valence-corrected chi connectivity index (χ0v) is 23.1. The number of aliphatic hydroxyl groups excluding tert-OH is 1. The molecule has 2 aromatic carbocycles. The molecule has 1 aliphatic heterocycles. The summed E-state index contributed by atoms with van der Waals surface area (Å²) in [5.74, 6) is -0.418. The lowest BCUT2D eigenvalue weighted by Crippen LogP contribution is -2.27. The molecule has 1 heterocycles. The van der Waals surface area contributed by atoms with Crippen molar-refractivity contribution in [3.8, 4) is 22.6 Å². The van der Waals surface area contributed by atoms with Crippen molar-refractivity contribution >= 4 is 11.9 Å². The molecule has 0 aliphatic carbocycles. The van der Waals surface area contributed by atoms with Crippen molar-refractivity contribution < 1.29 is 38.4 Å². The summed E-state index contributed by atoms with van der Waals surface area (Å²) in [6.45, 7) is 8.39. The van der Waals surface area contributed by atoms with Gasteiger partial charge in [-0.2, -0.15) is 0 Å². The lowest BCUT2D eigenvalue weighted by atomic mass is 10.00. The number of aliphatic hydroxyl groups is 1. The first-order valence-corrected chi connectivity index (χ1v) is 13.5. The van der Waals surface area contributed by atoms with Crippen LogP contribution in [0.1, 0.15) is 57.8 Å². The Kier molecular flexibility index (Phi) is 12.1. The van der Waals surface area contributed by atoms with Gasteiger partial charge in [0, 0.05) is 13.0 Å². The molecule has 39 heavy (non-hydrogen) atoms. The molecule has 0 saturated carbocycles. The highest BCUT2D eigenvalue weighted by atomic mass is 16.7. The van der Waals surface area contributed by atoms with Crippen LogP contribution in [0.5, 0.6) is 11.5 Å². The Morgan fingerprint density at radius 1 is 1.03 bits per heavy atom. The Bertz CT molecular complexity index is 1090. The number of benzene rings is 2. The van der Waals surface area contributed by atoms with Gasteiger partial charge in [0.2, 0.25) is 0 Å². The van der Waals surface area contributed by atoms with Gasteiger partial charge in [-0.15, -0.1) is 0 Å². The lowest BCUT2D eigenvalue weighted by Gasteiger charge is -2.30. The van der Waals surface area contributed by atoms with Gasteiger partial charge in [-0.3, -0.25) is 4.79 Å². The van der Waals surface area contributed by atoms with E-state index < -0.39 is 18.9 Å². The van der Waals surface area contributed by atoms with Crippen LogP contribution in [0.15, 0.2) is 54.6 Å². The van der Waals surface area contributed by atoms with E-state index in [1.165, 1.54) is 19.3 Å². The van der Waals surface area contributed by atoms with Gasteiger partial charge in [-0.25, -0.2) is 4.79 Å². The van der Waals surface area contributed by atoms with E-state index in [2.05, 4.69) is 13.5 Å². The predicted molar refractivity (Wildman–Crippen MR) is 147 cm³/mol. The van der Waals surface area contributed by atoms with E-state index in [1.54, 1.807) is 32.2 Å². The van der Waals surface area contributed by atoms with Crippen LogP contribution < -0.4 is 9.47 Å². The number of carbonyl (C=O) groups excluding carboxylic acids is 2. The summed E-state index contributed by atoms with van der Waals surface area (Å²) in [7, 11) is 1.54. The van der Waals surface area contributed by atoms with Crippen LogP contribution in [0.2, 0.25) is 0 Å². The van der Waals surface area contributed by atoms with E-state index in [0.717, 1.165) is 24.0 Å². The summed E-state index contributed by atoms with van der Waals surface area (Å²) >= 11 is 0. The number of methoxy groups -OCH3 is 1. The maximum Gasteiger partial charge on any atom is 0.341 e. The van der Waals surface area contributed by atoms with Crippen LogP contribution in [0.3, 0.4) is 0 Å². The minimum absolute atomic E-state index is 0.0485. The van der Waals surface area contributed by atoms with E-state index in [1.807, 2.05) is 24.3 Å². The number of carbonyl (C=O) groups is 2. The number of hydrogen-bond donors (Lipinski definition) is 1. The Hall–Kier alpha value is -3.04. The quantitative estimate of drug-likeness (QED) is 0.142. The van der Waals surface area contributed by atoms with E-state index in [-0.39, 0.29) is 29.8 Å². The number of rotatable bonds is 14. The molecule has 0 amide bonds. The Morgan fingerprint density at radius 2 is 1.72 bits per heavy atom. The van der Waals surface area contributed by atoms with Gasteiger partial charge in [-0.1, -0.05) is 57.4 Å².